The van der Waals surface area contributed by atoms with Crippen LogP contribution in [0.25, 0.3) is 0 Å². The molecule has 1 amide bonds. The van der Waals surface area contributed by atoms with Crippen molar-refractivity contribution in [2.75, 3.05) is 19.7 Å². The third-order valence-electron chi connectivity index (χ3n) is 2.88. The quantitative estimate of drug-likeness (QED) is 0.690. The van der Waals surface area contributed by atoms with Gasteiger partial charge in [-0.2, -0.15) is 0 Å². The Labute approximate surface area is 86.4 Å². The fourth-order valence-electron chi connectivity index (χ4n) is 1.66. The summed E-state index contributed by atoms with van der Waals surface area (Å²) in [5.74, 6) is 1.38. The molecule has 3 heteroatoms. The maximum Gasteiger partial charge on any atom is 0.248 e. The molecule has 1 aliphatic heterocycles. The lowest BCUT2D eigenvalue weighted by Gasteiger charge is -2.16. The molecule has 0 aromatic rings. The molecule has 0 N–H and O–H groups in total. The van der Waals surface area contributed by atoms with E-state index in [4.69, 9.17) is 4.74 Å². The summed E-state index contributed by atoms with van der Waals surface area (Å²) in [6.07, 6.45) is 0.136. The van der Waals surface area contributed by atoms with Crippen molar-refractivity contribution < 1.29 is 9.53 Å². The summed E-state index contributed by atoms with van der Waals surface area (Å²) in [6.45, 7) is 10.3. The lowest BCUT2D eigenvalue weighted by atomic mass is 10.0. The molecule has 1 aliphatic rings. The van der Waals surface area contributed by atoms with E-state index in [1.165, 1.54) is 0 Å². The molecule has 0 aromatic carbocycles. The molecule has 0 spiro atoms. The first-order valence-corrected chi connectivity index (χ1v) is 5.40. The maximum absolute atomic E-state index is 11.6. The highest BCUT2D eigenvalue weighted by molar-refractivity contribution is 5.77. The molecule has 0 saturated carbocycles. The summed E-state index contributed by atoms with van der Waals surface area (Å²) in [6, 6.07) is 0. The van der Waals surface area contributed by atoms with E-state index >= 15 is 0 Å². The van der Waals surface area contributed by atoms with Crippen molar-refractivity contribution in [3.05, 3.63) is 0 Å². The van der Waals surface area contributed by atoms with Gasteiger partial charge in [0, 0.05) is 13.1 Å². The van der Waals surface area contributed by atoms with Crippen LogP contribution in [-0.2, 0) is 9.53 Å². The predicted molar refractivity (Wildman–Crippen MR) is 56.0 cm³/mol. The first-order chi connectivity index (χ1) is 6.50. The molecule has 0 bridgehead atoms. The number of rotatable bonds is 3. The Bertz CT molecular complexity index is 193. The van der Waals surface area contributed by atoms with Crippen molar-refractivity contribution in [1.29, 1.82) is 0 Å². The van der Waals surface area contributed by atoms with Crippen molar-refractivity contribution in [3.63, 3.8) is 0 Å². The van der Waals surface area contributed by atoms with Gasteiger partial charge in [-0.3, -0.25) is 4.79 Å². The molecule has 14 heavy (non-hydrogen) atoms. The summed E-state index contributed by atoms with van der Waals surface area (Å²) >= 11 is 0. The second kappa shape index (κ2) is 4.78. The van der Waals surface area contributed by atoms with Gasteiger partial charge in [0.25, 0.3) is 0 Å². The number of likely N-dealkylation sites (tertiary alicyclic amines) is 1. The monoisotopic (exact) mass is 199 g/mol. The van der Waals surface area contributed by atoms with E-state index in [-0.39, 0.29) is 18.6 Å². The molecule has 0 aliphatic carbocycles. The molecule has 0 aromatic heterocycles. The molecule has 1 rings (SSSR count). The van der Waals surface area contributed by atoms with Crippen molar-refractivity contribution in [1.82, 2.24) is 4.90 Å². The average Bonchev–Trinajstić information content (AvgIpc) is 2.43. The summed E-state index contributed by atoms with van der Waals surface area (Å²) in [7, 11) is 0. The fraction of sp³-hybridized carbons (Fsp3) is 0.909. The largest absolute Gasteiger partial charge is 0.369 e. The highest BCUT2D eigenvalue weighted by atomic mass is 16.5. The van der Waals surface area contributed by atoms with Crippen LogP contribution in [0.4, 0.5) is 0 Å². The van der Waals surface area contributed by atoms with E-state index in [0.29, 0.717) is 11.8 Å². The minimum absolute atomic E-state index is 0.134. The average molecular weight is 199 g/mol. The zero-order valence-corrected chi connectivity index (χ0v) is 9.62. The van der Waals surface area contributed by atoms with Gasteiger partial charge in [0.2, 0.25) is 5.91 Å². The SMILES string of the molecule is CC(C)OCC(=O)N1CC(C)C(C)C1. The molecular formula is C11H21NO2. The molecule has 82 valence electrons. The number of amides is 1. The van der Waals surface area contributed by atoms with Gasteiger partial charge in [0.05, 0.1) is 6.10 Å². The van der Waals surface area contributed by atoms with E-state index in [1.807, 2.05) is 18.7 Å². The van der Waals surface area contributed by atoms with E-state index in [0.717, 1.165) is 13.1 Å². The molecule has 1 saturated heterocycles. The smallest absolute Gasteiger partial charge is 0.248 e. The van der Waals surface area contributed by atoms with Gasteiger partial charge >= 0.3 is 0 Å². The summed E-state index contributed by atoms with van der Waals surface area (Å²) < 4.78 is 5.30. The number of carbonyl (C=O) groups excluding carboxylic acids is 1. The van der Waals surface area contributed by atoms with Gasteiger partial charge in [-0.25, -0.2) is 0 Å². The Balaban J connectivity index is 2.32. The maximum atomic E-state index is 11.6. The van der Waals surface area contributed by atoms with Crippen LogP contribution in [0.15, 0.2) is 0 Å². The van der Waals surface area contributed by atoms with Crippen LogP contribution in [-0.4, -0.2) is 36.6 Å². The highest BCUT2D eigenvalue weighted by Crippen LogP contribution is 2.21. The minimum atomic E-state index is 0.134. The molecule has 3 nitrogen and oxygen atoms in total. The summed E-state index contributed by atoms with van der Waals surface area (Å²) in [5.41, 5.74) is 0. The van der Waals surface area contributed by atoms with Crippen LogP contribution >= 0.6 is 0 Å². The molecule has 2 atom stereocenters. The second-order valence-electron chi connectivity index (χ2n) is 4.61. The van der Waals surface area contributed by atoms with E-state index < -0.39 is 0 Å². The Morgan fingerprint density at radius 3 is 2.29 bits per heavy atom. The number of hydrogen-bond donors (Lipinski definition) is 0. The van der Waals surface area contributed by atoms with Gasteiger partial charge in [-0.15, -0.1) is 0 Å². The van der Waals surface area contributed by atoms with E-state index in [2.05, 4.69) is 13.8 Å². The Morgan fingerprint density at radius 2 is 1.86 bits per heavy atom. The fourth-order valence-corrected chi connectivity index (χ4v) is 1.66. The first-order valence-electron chi connectivity index (χ1n) is 5.40. The van der Waals surface area contributed by atoms with Crippen LogP contribution in [0, 0.1) is 11.8 Å². The molecule has 1 fully saturated rings. The second-order valence-corrected chi connectivity index (χ2v) is 4.61. The van der Waals surface area contributed by atoms with Gasteiger partial charge in [0.1, 0.15) is 6.61 Å². The number of nitrogens with zero attached hydrogens (tertiary/aromatic N) is 1. The minimum Gasteiger partial charge on any atom is -0.369 e. The van der Waals surface area contributed by atoms with Crippen LogP contribution in [0.1, 0.15) is 27.7 Å². The third kappa shape index (κ3) is 2.98. The predicted octanol–water partition coefficient (Wildman–Crippen LogP) is 1.53. The lowest BCUT2D eigenvalue weighted by Crippen LogP contribution is -2.33. The first kappa shape index (κ1) is 11.5. The van der Waals surface area contributed by atoms with Crippen LogP contribution in [0.5, 0.6) is 0 Å². The molecule has 0 radical (unpaired) electrons. The zero-order chi connectivity index (χ0) is 10.7. The lowest BCUT2D eigenvalue weighted by molar-refractivity contribution is -0.136. The highest BCUT2D eigenvalue weighted by Gasteiger charge is 2.29. The topological polar surface area (TPSA) is 29.5 Å². The van der Waals surface area contributed by atoms with E-state index in [9.17, 15) is 4.79 Å². The molecular weight excluding hydrogens is 178 g/mol. The van der Waals surface area contributed by atoms with E-state index in [1.54, 1.807) is 0 Å². The normalized spacial score (nSPS) is 27.4. The Hall–Kier alpha value is -0.570. The number of carbonyl (C=O) groups is 1. The van der Waals surface area contributed by atoms with Gasteiger partial charge in [-0.05, 0) is 25.7 Å². The molecule has 2 unspecified atom stereocenters. The molecule has 1 heterocycles. The van der Waals surface area contributed by atoms with Crippen molar-refractivity contribution in [2.45, 2.75) is 33.8 Å². The van der Waals surface area contributed by atoms with Gasteiger partial charge in [0.15, 0.2) is 0 Å². The van der Waals surface area contributed by atoms with Crippen molar-refractivity contribution >= 4 is 5.91 Å². The standard InChI is InChI=1S/C11H21NO2/c1-8(2)14-7-11(13)12-5-9(3)10(4)6-12/h8-10H,5-7H2,1-4H3. The number of hydrogen-bond acceptors (Lipinski definition) is 2. The van der Waals surface area contributed by atoms with Crippen molar-refractivity contribution in [2.24, 2.45) is 11.8 Å². The Morgan fingerprint density at radius 1 is 1.36 bits per heavy atom. The van der Waals surface area contributed by atoms with Gasteiger partial charge < -0.3 is 9.64 Å². The summed E-state index contributed by atoms with van der Waals surface area (Å²) in [5, 5.41) is 0. The van der Waals surface area contributed by atoms with Crippen molar-refractivity contribution in [3.8, 4) is 0 Å². The van der Waals surface area contributed by atoms with Crippen LogP contribution in [0.2, 0.25) is 0 Å². The Kier molecular flexibility index (Phi) is 3.93. The number of ether oxygens (including phenoxy) is 1. The van der Waals surface area contributed by atoms with Crippen LogP contribution in [0.3, 0.4) is 0 Å². The van der Waals surface area contributed by atoms with Crippen LogP contribution < -0.4 is 0 Å². The zero-order valence-electron chi connectivity index (χ0n) is 9.62. The summed E-state index contributed by atoms with van der Waals surface area (Å²) in [4.78, 5) is 13.6. The van der Waals surface area contributed by atoms with Gasteiger partial charge in [-0.1, -0.05) is 13.8 Å². The third-order valence-corrected chi connectivity index (χ3v) is 2.88.